The quantitative estimate of drug-likeness (QED) is 0.629. The Kier molecular flexibility index (Phi) is 5.20. The van der Waals surface area contributed by atoms with Gasteiger partial charge in [-0.2, -0.15) is 0 Å². The lowest BCUT2D eigenvalue weighted by Gasteiger charge is -2.45. The minimum atomic E-state index is -0.132. The largest absolute Gasteiger partial charge is 0.366 e. The molecule has 96 valence electrons. The highest BCUT2D eigenvalue weighted by Crippen LogP contribution is 2.45. The minimum Gasteiger partial charge on any atom is -0.366 e. The molecule has 1 aliphatic carbocycles. The van der Waals surface area contributed by atoms with Crippen LogP contribution in [0.2, 0.25) is 0 Å². The van der Waals surface area contributed by atoms with E-state index in [1.54, 1.807) is 0 Å². The van der Waals surface area contributed by atoms with Crippen LogP contribution >= 0.6 is 0 Å². The van der Waals surface area contributed by atoms with Crippen molar-refractivity contribution < 1.29 is 4.74 Å². The van der Waals surface area contributed by atoms with E-state index in [1.165, 1.54) is 30.4 Å². The van der Waals surface area contributed by atoms with E-state index < -0.39 is 0 Å². The zero-order chi connectivity index (χ0) is 12.9. The maximum atomic E-state index is 6.20. The Hall–Kier alpha value is -0.820. The molecule has 0 unspecified atom stereocenters. The Labute approximate surface area is 106 Å². The van der Waals surface area contributed by atoms with Gasteiger partial charge in [-0.15, -0.1) is 6.58 Å². The molecule has 0 heterocycles. The van der Waals surface area contributed by atoms with Crippen LogP contribution in [-0.4, -0.2) is 12.2 Å². The number of allylic oxidation sites excluding steroid dienone is 1. The molecule has 1 fully saturated rings. The molecule has 1 aliphatic rings. The van der Waals surface area contributed by atoms with E-state index in [0.717, 1.165) is 6.42 Å². The molecule has 17 heavy (non-hydrogen) atoms. The zero-order valence-corrected chi connectivity index (χ0v) is 11.6. The Morgan fingerprint density at radius 1 is 1.41 bits per heavy atom. The van der Waals surface area contributed by atoms with Crippen molar-refractivity contribution in [3.05, 3.63) is 36.5 Å². The first-order chi connectivity index (χ1) is 8.08. The van der Waals surface area contributed by atoms with Gasteiger partial charge in [0.15, 0.2) is 0 Å². The molecule has 0 aromatic heterocycles. The van der Waals surface area contributed by atoms with Gasteiger partial charge in [-0.05, 0) is 39.2 Å². The van der Waals surface area contributed by atoms with Gasteiger partial charge in [0.05, 0.1) is 12.2 Å². The minimum absolute atomic E-state index is 0.132. The standard InChI is InChI=1S/C16H26O/c1-6-12-17-16(14(5)7-2)11-9-8-10-15(16)13(3)4/h6-7,15H,1,3,8-12H2,2,4-5H3/b14-7+/t15-,16+/m0/s1. The zero-order valence-electron chi connectivity index (χ0n) is 11.6. The molecule has 0 bridgehead atoms. The van der Waals surface area contributed by atoms with Crippen LogP contribution in [-0.2, 0) is 4.74 Å². The molecule has 1 saturated carbocycles. The predicted octanol–water partition coefficient (Wildman–Crippen LogP) is 4.66. The summed E-state index contributed by atoms with van der Waals surface area (Å²) in [7, 11) is 0. The average molecular weight is 234 g/mol. The van der Waals surface area contributed by atoms with E-state index in [2.05, 4.69) is 40.0 Å². The second-order valence-corrected chi connectivity index (χ2v) is 5.11. The summed E-state index contributed by atoms with van der Waals surface area (Å²) in [5, 5.41) is 0. The number of hydrogen-bond donors (Lipinski definition) is 0. The molecular weight excluding hydrogens is 208 g/mol. The van der Waals surface area contributed by atoms with Gasteiger partial charge in [-0.25, -0.2) is 0 Å². The van der Waals surface area contributed by atoms with Crippen molar-refractivity contribution in [2.45, 2.75) is 52.1 Å². The van der Waals surface area contributed by atoms with Crippen LogP contribution in [0.4, 0.5) is 0 Å². The van der Waals surface area contributed by atoms with Crippen molar-refractivity contribution in [3.63, 3.8) is 0 Å². The number of rotatable bonds is 5. The van der Waals surface area contributed by atoms with Crippen molar-refractivity contribution in [1.82, 2.24) is 0 Å². The fourth-order valence-corrected chi connectivity index (χ4v) is 3.00. The summed E-state index contributed by atoms with van der Waals surface area (Å²) < 4.78 is 6.20. The smallest absolute Gasteiger partial charge is 0.0957 e. The van der Waals surface area contributed by atoms with Crippen molar-refractivity contribution in [1.29, 1.82) is 0 Å². The Bertz CT molecular complexity index is 313. The molecule has 0 aromatic rings. The fourth-order valence-electron chi connectivity index (χ4n) is 3.00. The van der Waals surface area contributed by atoms with Gasteiger partial charge in [0.2, 0.25) is 0 Å². The molecule has 0 aromatic carbocycles. The maximum absolute atomic E-state index is 6.20. The van der Waals surface area contributed by atoms with Gasteiger partial charge >= 0.3 is 0 Å². The topological polar surface area (TPSA) is 9.23 Å². The summed E-state index contributed by atoms with van der Waals surface area (Å²) in [6.07, 6.45) is 8.85. The molecule has 0 N–H and O–H groups in total. The molecule has 0 aliphatic heterocycles. The van der Waals surface area contributed by atoms with E-state index in [1.807, 2.05) is 6.08 Å². The van der Waals surface area contributed by atoms with Gasteiger partial charge in [0.1, 0.15) is 0 Å². The Morgan fingerprint density at radius 3 is 2.65 bits per heavy atom. The molecule has 1 rings (SSSR count). The Morgan fingerprint density at radius 2 is 2.12 bits per heavy atom. The summed E-state index contributed by atoms with van der Waals surface area (Å²) >= 11 is 0. The van der Waals surface area contributed by atoms with E-state index in [-0.39, 0.29) is 5.60 Å². The first kappa shape index (κ1) is 14.2. The van der Waals surface area contributed by atoms with Crippen LogP contribution in [0.25, 0.3) is 0 Å². The van der Waals surface area contributed by atoms with Crippen LogP contribution in [0.15, 0.2) is 36.5 Å². The summed E-state index contributed by atoms with van der Waals surface area (Å²) in [5.74, 6) is 0.451. The van der Waals surface area contributed by atoms with E-state index in [9.17, 15) is 0 Å². The predicted molar refractivity (Wildman–Crippen MR) is 75.1 cm³/mol. The third kappa shape index (κ3) is 2.90. The van der Waals surface area contributed by atoms with Gasteiger partial charge in [-0.1, -0.05) is 37.1 Å². The van der Waals surface area contributed by atoms with E-state index >= 15 is 0 Å². The molecule has 0 saturated heterocycles. The number of ether oxygens (including phenoxy) is 1. The third-order valence-electron chi connectivity index (χ3n) is 4.01. The molecular formula is C16H26O. The summed E-state index contributed by atoms with van der Waals surface area (Å²) in [6, 6.07) is 0. The first-order valence-electron chi connectivity index (χ1n) is 6.62. The normalized spacial score (nSPS) is 30.1. The molecule has 2 atom stereocenters. The molecule has 0 radical (unpaired) electrons. The SMILES string of the molecule is C=CCO[C@@]1(/C(C)=C/C)CCCC[C@H]1C(=C)C. The van der Waals surface area contributed by atoms with Crippen molar-refractivity contribution >= 4 is 0 Å². The van der Waals surface area contributed by atoms with Crippen LogP contribution in [0.1, 0.15) is 46.5 Å². The van der Waals surface area contributed by atoms with Crippen LogP contribution < -0.4 is 0 Å². The van der Waals surface area contributed by atoms with Gasteiger partial charge in [-0.3, -0.25) is 0 Å². The summed E-state index contributed by atoms with van der Waals surface area (Å²) in [5.41, 5.74) is 2.45. The lowest BCUT2D eigenvalue weighted by Crippen LogP contribution is -2.45. The van der Waals surface area contributed by atoms with Crippen molar-refractivity contribution in [3.8, 4) is 0 Å². The number of hydrogen-bond acceptors (Lipinski definition) is 1. The van der Waals surface area contributed by atoms with Gasteiger partial charge in [0.25, 0.3) is 0 Å². The van der Waals surface area contributed by atoms with E-state index in [0.29, 0.717) is 12.5 Å². The van der Waals surface area contributed by atoms with Crippen LogP contribution in [0.3, 0.4) is 0 Å². The molecule has 0 amide bonds. The van der Waals surface area contributed by atoms with Crippen molar-refractivity contribution in [2.24, 2.45) is 5.92 Å². The maximum Gasteiger partial charge on any atom is 0.0957 e. The molecule has 0 spiro atoms. The second-order valence-electron chi connectivity index (χ2n) is 5.11. The first-order valence-corrected chi connectivity index (χ1v) is 6.62. The third-order valence-corrected chi connectivity index (χ3v) is 4.01. The summed E-state index contributed by atoms with van der Waals surface area (Å²) in [4.78, 5) is 0. The summed E-state index contributed by atoms with van der Waals surface area (Å²) in [6.45, 7) is 15.0. The molecule has 1 heteroatoms. The molecule has 1 nitrogen and oxygen atoms in total. The highest BCUT2D eigenvalue weighted by Gasteiger charge is 2.42. The van der Waals surface area contributed by atoms with Gasteiger partial charge < -0.3 is 4.74 Å². The highest BCUT2D eigenvalue weighted by atomic mass is 16.5. The highest BCUT2D eigenvalue weighted by molar-refractivity contribution is 5.23. The lowest BCUT2D eigenvalue weighted by molar-refractivity contribution is -0.0582. The van der Waals surface area contributed by atoms with Crippen LogP contribution in [0.5, 0.6) is 0 Å². The van der Waals surface area contributed by atoms with E-state index in [4.69, 9.17) is 4.74 Å². The van der Waals surface area contributed by atoms with Crippen LogP contribution in [0, 0.1) is 5.92 Å². The lowest BCUT2D eigenvalue weighted by atomic mass is 9.68. The second kappa shape index (κ2) is 6.20. The van der Waals surface area contributed by atoms with Gasteiger partial charge in [0, 0.05) is 5.92 Å². The van der Waals surface area contributed by atoms with Crippen molar-refractivity contribution in [2.75, 3.05) is 6.61 Å². The fraction of sp³-hybridized carbons (Fsp3) is 0.625. The average Bonchev–Trinajstić information content (AvgIpc) is 2.35. The monoisotopic (exact) mass is 234 g/mol. The Balaban J connectivity index is 3.07.